The van der Waals surface area contributed by atoms with E-state index >= 15 is 4.39 Å². The summed E-state index contributed by atoms with van der Waals surface area (Å²) in [4.78, 5) is 36.2. The largest absolute Gasteiger partial charge is 0.452 e. The normalized spacial score (nSPS) is 43.5. The van der Waals surface area contributed by atoms with Crippen molar-refractivity contribution in [2.45, 2.75) is 59.0 Å². The average molecular weight is 404 g/mol. The Kier molecular flexibility index (Phi) is 4.84. The maximum absolute atomic E-state index is 15.2. The fourth-order valence-electron chi connectivity index (χ4n) is 7.08. The van der Waals surface area contributed by atoms with Gasteiger partial charge in [-0.1, -0.05) is 13.8 Å². The predicted molar refractivity (Wildman–Crippen MR) is 103 cm³/mol. The zero-order valence-corrected chi connectivity index (χ0v) is 17.2. The van der Waals surface area contributed by atoms with Gasteiger partial charge in [0.1, 0.15) is 18.2 Å². The van der Waals surface area contributed by atoms with Gasteiger partial charge in [0.25, 0.3) is 0 Å². The number of aliphatic hydroxyl groups is 1. The molecule has 0 aliphatic heterocycles. The molecule has 0 saturated heterocycles. The van der Waals surface area contributed by atoms with Crippen molar-refractivity contribution in [2.24, 2.45) is 34.5 Å². The number of hydrogen-bond donors (Lipinski definition) is 1. The molecular weight excluding hydrogens is 375 g/mol. The van der Waals surface area contributed by atoms with Crippen molar-refractivity contribution in [1.82, 2.24) is 0 Å². The molecule has 0 aromatic rings. The standard InChI is InChI=1S/C23H29FO5/c1-12(26)14-4-5-15-13-8-18(24)17-9-19(27)20(29-21(28)11-25)10-23(17,3)16(13)6-7-22(14,15)2/h8-9,13-16,20,25H,4-7,10-11H2,1-3H3/t13-,14+,15-,16-,20?,22+,23+/m0/s1. The number of ether oxygens (including phenoxy) is 1. The Balaban J connectivity index is 1.71. The van der Waals surface area contributed by atoms with Crippen LogP contribution in [0.1, 0.15) is 52.9 Å². The monoisotopic (exact) mass is 404 g/mol. The smallest absolute Gasteiger partial charge is 0.332 e. The van der Waals surface area contributed by atoms with Crippen molar-refractivity contribution in [3.63, 3.8) is 0 Å². The molecule has 5 nitrogen and oxygen atoms in total. The van der Waals surface area contributed by atoms with E-state index in [0.717, 1.165) is 25.7 Å². The van der Waals surface area contributed by atoms with Gasteiger partial charge in [-0.3, -0.25) is 9.59 Å². The number of esters is 1. The van der Waals surface area contributed by atoms with Gasteiger partial charge in [0.2, 0.25) is 0 Å². The Morgan fingerprint density at radius 1 is 1.24 bits per heavy atom. The predicted octanol–water partition coefficient (Wildman–Crippen LogP) is 3.31. The Hall–Kier alpha value is -1.82. The molecule has 1 unspecified atom stereocenters. The van der Waals surface area contributed by atoms with Gasteiger partial charge in [-0.25, -0.2) is 9.18 Å². The highest BCUT2D eigenvalue weighted by Crippen LogP contribution is 2.66. The summed E-state index contributed by atoms with van der Waals surface area (Å²) in [5, 5.41) is 8.98. The lowest BCUT2D eigenvalue weighted by molar-refractivity contribution is -0.160. The van der Waals surface area contributed by atoms with Crippen LogP contribution in [0.25, 0.3) is 0 Å². The Labute approximate surface area is 170 Å². The molecule has 2 fully saturated rings. The van der Waals surface area contributed by atoms with Crippen LogP contribution in [-0.2, 0) is 19.1 Å². The highest BCUT2D eigenvalue weighted by molar-refractivity contribution is 5.97. The van der Waals surface area contributed by atoms with Crippen LogP contribution in [0, 0.1) is 34.5 Å². The molecular formula is C23H29FO5. The van der Waals surface area contributed by atoms with Gasteiger partial charge in [0.15, 0.2) is 11.9 Å². The van der Waals surface area contributed by atoms with Crippen molar-refractivity contribution in [3.8, 4) is 0 Å². The van der Waals surface area contributed by atoms with Crippen molar-refractivity contribution >= 4 is 17.5 Å². The number of fused-ring (bicyclic) bond motifs is 5. The van der Waals surface area contributed by atoms with Gasteiger partial charge in [-0.05, 0) is 73.5 Å². The van der Waals surface area contributed by atoms with Crippen LogP contribution in [0.3, 0.4) is 0 Å². The van der Waals surface area contributed by atoms with Gasteiger partial charge in [-0.2, -0.15) is 0 Å². The minimum Gasteiger partial charge on any atom is -0.452 e. The molecule has 4 aliphatic rings. The summed E-state index contributed by atoms with van der Waals surface area (Å²) in [6.45, 7) is 5.03. The molecule has 6 heteroatoms. The van der Waals surface area contributed by atoms with E-state index in [4.69, 9.17) is 9.84 Å². The molecule has 0 amide bonds. The minimum atomic E-state index is -0.989. The van der Waals surface area contributed by atoms with Gasteiger partial charge < -0.3 is 9.84 Å². The Morgan fingerprint density at radius 2 is 1.97 bits per heavy atom. The second-order valence-corrected chi connectivity index (χ2v) is 9.81. The van der Waals surface area contributed by atoms with E-state index in [-0.39, 0.29) is 47.1 Å². The third-order valence-corrected chi connectivity index (χ3v) is 8.47. The molecule has 0 radical (unpaired) electrons. The van der Waals surface area contributed by atoms with Gasteiger partial charge >= 0.3 is 5.97 Å². The first kappa shape index (κ1) is 20.5. The van der Waals surface area contributed by atoms with Crippen molar-refractivity contribution in [2.75, 3.05) is 6.61 Å². The number of Topliss-reactive ketones (excluding diaryl/α,β-unsaturated/α-hetero) is 1. The summed E-state index contributed by atoms with van der Waals surface area (Å²) < 4.78 is 20.4. The number of carbonyl (C=O) groups is 3. The van der Waals surface area contributed by atoms with Crippen molar-refractivity contribution < 1.29 is 28.6 Å². The second kappa shape index (κ2) is 6.86. The van der Waals surface area contributed by atoms with Gasteiger partial charge in [-0.15, -0.1) is 0 Å². The number of halogens is 1. The van der Waals surface area contributed by atoms with E-state index in [9.17, 15) is 14.4 Å². The summed E-state index contributed by atoms with van der Waals surface area (Å²) in [7, 11) is 0. The second-order valence-electron chi connectivity index (χ2n) is 9.81. The lowest BCUT2D eigenvalue weighted by atomic mass is 9.48. The molecule has 1 N–H and O–H groups in total. The molecule has 4 aliphatic carbocycles. The van der Waals surface area contributed by atoms with Crippen LogP contribution in [0.4, 0.5) is 4.39 Å². The van der Waals surface area contributed by atoms with Gasteiger partial charge in [0, 0.05) is 17.8 Å². The van der Waals surface area contributed by atoms with E-state index in [0.29, 0.717) is 5.57 Å². The highest BCUT2D eigenvalue weighted by atomic mass is 19.1. The zero-order valence-electron chi connectivity index (χ0n) is 17.2. The molecule has 0 bridgehead atoms. The van der Waals surface area contributed by atoms with Gasteiger partial charge in [0.05, 0.1) is 0 Å². The number of aliphatic hydroxyl groups excluding tert-OH is 1. The van der Waals surface area contributed by atoms with Crippen LogP contribution in [-0.4, -0.2) is 35.4 Å². The van der Waals surface area contributed by atoms with Crippen molar-refractivity contribution in [1.29, 1.82) is 0 Å². The lowest BCUT2D eigenvalue weighted by Gasteiger charge is -2.56. The van der Waals surface area contributed by atoms with E-state index in [1.54, 1.807) is 13.0 Å². The third-order valence-electron chi connectivity index (χ3n) is 8.47. The maximum atomic E-state index is 15.2. The molecule has 0 aromatic carbocycles. The maximum Gasteiger partial charge on any atom is 0.332 e. The molecule has 158 valence electrons. The number of ketones is 2. The van der Waals surface area contributed by atoms with Crippen LogP contribution < -0.4 is 0 Å². The first-order valence-electron chi connectivity index (χ1n) is 10.6. The minimum absolute atomic E-state index is 0.00245. The molecule has 7 atom stereocenters. The van der Waals surface area contributed by atoms with E-state index in [1.807, 2.05) is 6.92 Å². The summed E-state index contributed by atoms with van der Waals surface area (Å²) in [6, 6.07) is 0. The topological polar surface area (TPSA) is 80.7 Å². The van der Waals surface area contributed by atoms with Crippen LogP contribution in [0.2, 0.25) is 0 Å². The van der Waals surface area contributed by atoms with E-state index in [1.165, 1.54) is 6.08 Å². The fraction of sp³-hybridized carbons (Fsp3) is 0.696. The summed E-state index contributed by atoms with van der Waals surface area (Å²) in [5.41, 5.74) is -0.327. The van der Waals surface area contributed by atoms with Crippen LogP contribution in [0.15, 0.2) is 23.6 Å². The first-order chi connectivity index (χ1) is 13.6. The SMILES string of the molecule is CC(=O)[C@H]1CC[C@H]2[C@@H]3C=C(F)C4=CC(=O)C(OC(=O)CO)C[C@]4(C)[C@H]3CC[C@]12C. The average Bonchev–Trinajstić information content (AvgIpc) is 3.01. The quantitative estimate of drug-likeness (QED) is 0.730. The first-order valence-corrected chi connectivity index (χ1v) is 10.6. The van der Waals surface area contributed by atoms with Crippen molar-refractivity contribution in [3.05, 3.63) is 23.6 Å². The van der Waals surface area contributed by atoms with Crippen LogP contribution in [0.5, 0.6) is 0 Å². The number of hydrogen-bond acceptors (Lipinski definition) is 5. The number of rotatable bonds is 3. The molecule has 4 rings (SSSR count). The summed E-state index contributed by atoms with van der Waals surface area (Å²) >= 11 is 0. The summed E-state index contributed by atoms with van der Waals surface area (Å²) in [6.07, 6.45) is 5.72. The number of carbonyl (C=O) groups excluding carboxylic acids is 3. The summed E-state index contributed by atoms with van der Waals surface area (Å²) in [5.74, 6) is -1.02. The molecule has 2 saturated carbocycles. The molecule has 0 heterocycles. The molecule has 0 spiro atoms. The third kappa shape index (κ3) is 2.94. The number of allylic oxidation sites excluding steroid dienone is 3. The van der Waals surface area contributed by atoms with E-state index < -0.39 is 29.9 Å². The Morgan fingerprint density at radius 3 is 2.62 bits per heavy atom. The Bertz CT molecular complexity index is 829. The fourth-order valence-corrected chi connectivity index (χ4v) is 7.08. The van der Waals surface area contributed by atoms with Crippen LogP contribution >= 0.6 is 0 Å². The highest BCUT2D eigenvalue weighted by Gasteiger charge is 2.60. The lowest BCUT2D eigenvalue weighted by Crippen LogP contribution is -2.52. The zero-order chi connectivity index (χ0) is 21.1. The van der Waals surface area contributed by atoms with E-state index in [2.05, 4.69) is 6.92 Å². The molecule has 0 aromatic heterocycles. The molecule has 29 heavy (non-hydrogen) atoms.